The summed E-state index contributed by atoms with van der Waals surface area (Å²) in [6.07, 6.45) is 49.3. The summed E-state index contributed by atoms with van der Waals surface area (Å²) in [6, 6.07) is 0.0509. The van der Waals surface area contributed by atoms with Crippen LogP contribution in [-0.4, -0.2) is 116 Å². The van der Waals surface area contributed by atoms with E-state index in [0.717, 1.165) is 54.5 Å². The van der Waals surface area contributed by atoms with Gasteiger partial charge >= 0.3 is 17.9 Å². The molecule has 12 heteroatoms. The first kappa shape index (κ1) is 62.4. The Balaban J connectivity index is 4.30. The lowest BCUT2D eigenvalue weighted by molar-refractivity contribution is -0.908. The number of hydrogen-bond donors (Lipinski definition) is 5. The van der Waals surface area contributed by atoms with Gasteiger partial charge in [0.2, 0.25) is 0 Å². The maximum atomic E-state index is 11.4. The van der Waals surface area contributed by atoms with Crippen molar-refractivity contribution < 1.29 is 40.7 Å². The van der Waals surface area contributed by atoms with E-state index in [-0.39, 0.29) is 6.04 Å². The van der Waals surface area contributed by atoms with Crippen molar-refractivity contribution in [3.8, 4) is 0 Å². The van der Waals surface area contributed by atoms with E-state index in [1.807, 2.05) is 0 Å². The summed E-state index contributed by atoms with van der Waals surface area (Å²) >= 11 is 0. The zero-order chi connectivity index (χ0) is 46.3. The minimum atomic E-state index is -5.08. The van der Waals surface area contributed by atoms with Gasteiger partial charge in [-0.15, -0.1) is 0 Å². The molecule has 376 valence electrons. The highest BCUT2D eigenvalue weighted by atomic mass is 32.3. The van der Waals surface area contributed by atoms with Crippen LogP contribution < -0.4 is 0 Å². The van der Waals surface area contributed by atoms with Crippen LogP contribution in [0, 0.1) is 0 Å². The number of unbranched alkanes of at least 4 members (excludes halogenated alkanes) is 32. The van der Waals surface area contributed by atoms with Gasteiger partial charge in [-0.2, -0.15) is 0 Å². The summed E-state index contributed by atoms with van der Waals surface area (Å²) in [5.74, 6) is 0.357. The molecule has 0 radical (unpaired) electrons. The molecule has 0 aromatic carbocycles. The fraction of sp³-hybridized carbons (Fsp3) is 1.00. The second kappa shape index (κ2) is 39.4. The molecule has 9 nitrogen and oxygen atoms in total. The third-order valence-corrected chi connectivity index (χ3v) is 20.4. The van der Waals surface area contributed by atoms with Gasteiger partial charge < -0.3 is 36.8 Å². The zero-order valence-electron chi connectivity index (χ0n) is 42.8. The quantitative estimate of drug-likeness (QED) is 0.0234. The summed E-state index contributed by atoms with van der Waals surface area (Å²) in [7, 11) is -5.44. The van der Waals surface area contributed by atoms with Crippen LogP contribution in [0.15, 0.2) is 0 Å². The van der Waals surface area contributed by atoms with Gasteiger partial charge in [0, 0.05) is 30.9 Å². The second-order valence-electron chi connectivity index (χ2n) is 20.7. The molecule has 0 aromatic rings. The van der Waals surface area contributed by atoms with Crippen molar-refractivity contribution in [2.45, 2.75) is 258 Å². The Bertz CT molecular complexity index is 980. The highest BCUT2D eigenvalue weighted by Gasteiger charge is 2.51. The van der Waals surface area contributed by atoms with Gasteiger partial charge in [-0.3, -0.25) is 3.87 Å². The molecule has 0 aliphatic rings. The highest BCUT2D eigenvalue weighted by molar-refractivity contribution is 8.25. The Morgan fingerprint density at radius 1 is 0.403 bits per heavy atom. The minimum absolute atomic E-state index is 0.0509. The van der Waals surface area contributed by atoms with Crippen LogP contribution in [0.4, 0.5) is 0 Å². The summed E-state index contributed by atoms with van der Waals surface area (Å²) in [5.41, 5.74) is 0. The van der Waals surface area contributed by atoms with Crippen molar-refractivity contribution in [1.82, 2.24) is 0 Å². The lowest BCUT2D eigenvalue weighted by Crippen LogP contribution is -2.55. The Hall–Kier alpha value is 0.424. The number of hydrogen-bond acceptors (Lipinski definition) is 7. The molecule has 0 rings (SSSR count). The monoisotopic (exact) mass is 941 g/mol. The van der Waals surface area contributed by atoms with Gasteiger partial charge in [0.05, 0.1) is 53.9 Å². The predicted molar refractivity (Wildman–Crippen MR) is 274 cm³/mol. The Morgan fingerprint density at radius 2 is 0.694 bits per heavy atom. The lowest BCUT2D eigenvalue weighted by Gasteiger charge is -2.41. The third-order valence-electron chi connectivity index (χ3n) is 13.5. The number of rotatable bonds is 49. The SMILES string of the molecule is CCCCCCCCCCCCCCCCCCC[N+](C)(C)CCC[Si](O)(O[Si](O)(O)O)OS(C)(O)CCC[N+](C)(CC)CCCCCCCCCCCCCCCCCCC. The molecule has 0 aliphatic carbocycles. The fourth-order valence-corrected chi connectivity index (χ4v) is 15.9. The van der Waals surface area contributed by atoms with Crippen LogP contribution in [-0.2, 0) is 7.99 Å². The molecule has 62 heavy (non-hydrogen) atoms. The van der Waals surface area contributed by atoms with E-state index < -0.39 is 28.4 Å². The van der Waals surface area contributed by atoms with Crippen LogP contribution in [0.1, 0.15) is 252 Å². The molecule has 5 N–H and O–H groups in total. The molecule has 3 atom stereocenters. The first-order chi connectivity index (χ1) is 29.5. The molecular formula is C50H112N2O7SSi2+2. The van der Waals surface area contributed by atoms with Crippen molar-refractivity contribution in [3.05, 3.63) is 0 Å². The number of quaternary nitrogens is 2. The van der Waals surface area contributed by atoms with E-state index in [0.29, 0.717) is 12.2 Å². The van der Waals surface area contributed by atoms with Crippen molar-refractivity contribution >= 4 is 28.4 Å². The normalized spacial score (nSPS) is 16.0. The number of nitrogens with zero attached hydrogens (tertiary/aromatic N) is 2. The third kappa shape index (κ3) is 41.8. The Labute approximate surface area is 391 Å². The predicted octanol–water partition coefficient (Wildman–Crippen LogP) is 13.8. The first-order valence-corrected chi connectivity index (χ1v) is 32.8. The van der Waals surface area contributed by atoms with Crippen LogP contribution in [0.3, 0.4) is 0 Å². The maximum Gasteiger partial charge on any atom is 0.663 e. The average molecular weight is 942 g/mol. The molecule has 0 heterocycles. The molecule has 0 aliphatic heterocycles. The van der Waals surface area contributed by atoms with Crippen molar-refractivity contribution in [2.24, 2.45) is 0 Å². The summed E-state index contributed by atoms with van der Waals surface area (Å²) < 4.78 is 24.1. The van der Waals surface area contributed by atoms with Gasteiger partial charge in [0.1, 0.15) is 0 Å². The standard InChI is InChI=1S/C50H111N2O7SSi2/c1-8-11-13-15-17-19-21-23-25-27-29-31-33-35-37-39-41-45-51(4,5)46-44-50-61(54,59-62(55,56)57)58-60(7,53)49-43-48-52(6,10-3)47-42-40-38-36-34-32-30-28-26-24-22-20-18-16-14-12-9-2/h54-57H,8-50H2,1-7H3/q+1/p+1. The van der Waals surface area contributed by atoms with Crippen LogP contribution in [0.5, 0.6) is 0 Å². The van der Waals surface area contributed by atoms with Crippen LogP contribution in [0.2, 0.25) is 6.04 Å². The van der Waals surface area contributed by atoms with E-state index in [1.54, 1.807) is 6.26 Å². The van der Waals surface area contributed by atoms with Crippen molar-refractivity contribution in [3.63, 3.8) is 0 Å². The topological polar surface area (TPSA) is 120 Å². The average Bonchev–Trinajstić information content (AvgIpc) is 3.19. The van der Waals surface area contributed by atoms with Crippen molar-refractivity contribution in [2.75, 3.05) is 65.9 Å². The smallest absolute Gasteiger partial charge is 0.389 e. The minimum Gasteiger partial charge on any atom is -0.389 e. The molecule has 0 spiro atoms. The molecule has 0 fully saturated rings. The maximum absolute atomic E-state index is 11.4. The molecule has 0 amide bonds. The summed E-state index contributed by atoms with van der Waals surface area (Å²) in [4.78, 5) is 40.9. The van der Waals surface area contributed by atoms with E-state index in [9.17, 15) is 23.7 Å². The Kier molecular flexibility index (Phi) is 39.7. The van der Waals surface area contributed by atoms with Gasteiger partial charge in [0.25, 0.3) is 0 Å². The second-order valence-corrected chi connectivity index (χ2v) is 27.6. The van der Waals surface area contributed by atoms with E-state index in [4.69, 9.17) is 7.99 Å². The fourth-order valence-electron chi connectivity index (χ4n) is 9.11. The summed E-state index contributed by atoms with van der Waals surface area (Å²) in [6.45, 7) is 11.6. The molecular weight excluding hydrogens is 829 g/mol. The van der Waals surface area contributed by atoms with E-state index in [1.165, 1.54) is 212 Å². The van der Waals surface area contributed by atoms with E-state index >= 15 is 0 Å². The zero-order valence-corrected chi connectivity index (χ0v) is 45.6. The molecule has 3 unspecified atom stereocenters. The molecule has 0 saturated carbocycles. The lowest BCUT2D eigenvalue weighted by atomic mass is 10.0. The summed E-state index contributed by atoms with van der Waals surface area (Å²) in [5, 5.41) is 0. The van der Waals surface area contributed by atoms with Gasteiger partial charge in [-0.1, -0.05) is 206 Å². The van der Waals surface area contributed by atoms with Crippen LogP contribution in [0.25, 0.3) is 0 Å². The Morgan fingerprint density at radius 3 is 1.02 bits per heavy atom. The largest absolute Gasteiger partial charge is 0.663 e. The molecule has 0 saturated heterocycles. The first-order valence-electron chi connectivity index (χ1n) is 27.0. The van der Waals surface area contributed by atoms with Gasteiger partial charge in [-0.05, 0) is 32.6 Å². The molecule has 0 aromatic heterocycles. The molecule has 0 bridgehead atoms. The van der Waals surface area contributed by atoms with Crippen molar-refractivity contribution in [1.29, 1.82) is 0 Å². The highest BCUT2D eigenvalue weighted by Crippen LogP contribution is 2.45. The van der Waals surface area contributed by atoms with Crippen LogP contribution >= 0.6 is 10.6 Å². The van der Waals surface area contributed by atoms with Gasteiger partial charge in [-0.25, -0.2) is 10.6 Å². The van der Waals surface area contributed by atoms with Gasteiger partial charge in [0.15, 0.2) is 0 Å². The van der Waals surface area contributed by atoms with E-state index in [2.05, 4.69) is 41.9 Å².